The van der Waals surface area contributed by atoms with E-state index in [9.17, 15) is 28.0 Å². The third kappa shape index (κ3) is 2.47. The molecule has 35 heavy (non-hydrogen) atoms. The van der Waals surface area contributed by atoms with E-state index in [4.69, 9.17) is 0 Å². The SMILES string of the molecule is Cc1cc(C)cc(N2C(=O)[C@H]3[C@@]4(c5ccc(OC(F)(F)F)cc5)c5ccc(C#N)cc5[C@]34C2=O)c1. The van der Waals surface area contributed by atoms with E-state index in [0.717, 1.165) is 16.7 Å². The van der Waals surface area contributed by atoms with Crippen LogP contribution >= 0.6 is 0 Å². The Hall–Kier alpha value is -4.12. The van der Waals surface area contributed by atoms with Gasteiger partial charge in [0.25, 0.3) is 0 Å². The zero-order valence-electron chi connectivity index (χ0n) is 18.6. The van der Waals surface area contributed by atoms with Crippen LogP contribution in [0.1, 0.15) is 33.4 Å². The van der Waals surface area contributed by atoms with Crippen LogP contribution in [0.5, 0.6) is 5.75 Å². The third-order valence-corrected chi connectivity index (χ3v) is 7.42. The van der Waals surface area contributed by atoms with Crippen LogP contribution in [-0.4, -0.2) is 18.2 Å². The molecule has 0 radical (unpaired) electrons. The lowest BCUT2D eigenvalue weighted by atomic mass is 9.64. The fraction of sp³-hybridized carbons (Fsp3) is 0.222. The minimum Gasteiger partial charge on any atom is -0.406 e. The van der Waals surface area contributed by atoms with Crippen molar-refractivity contribution in [1.82, 2.24) is 0 Å². The molecule has 1 spiro atoms. The highest BCUT2D eigenvalue weighted by Gasteiger charge is 2.95. The summed E-state index contributed by atoms with van der Waals surface area (Å²) in [5.74, 6) is -1.85. The van der Waals surface area contributed by atoms with Gasteiger partial charge in [-0.2, -0.15) is 5.26 Å². The molecule has 1 saturated carbocycles. The van der Waals surface area contributed by atoms with Crippen molar-refractivity contribution in [1.29, 1.82) is 5.26 Å². The van der Waals surface area contributed by atoms with Crippen molar-refractivity contribution in [2.24, 2.45) is 5.92 Å². The molecule has 0 bridgehead atoms. The number of rotatable bonds is 3. The highest BCUT2D eigenvalue weighted by molar-refractivity contribution is 6.34. The van der Waals surface area contributed by atoms with Crippen molar-refractivity contribution in [2.45, 2.75) is 31.0 Å². The number of carbonyl (C=O) groups is 2. The Kier molecular flexibility index (Phi) is 3.98. The molecule has 1 aliphatic heterocycles. The lowest BCUT2D eigenvalue weighted by Gasteiger charge is -2.40. The molecule has 8 heteroatoms. The van der Waals surface area contributed by atoms with Crippen LogP contribution in [0.3, 0.4) is 0 Å². The van der Waals surface area contributed by atoms with E-state index in [-0.39, 0.29) is 17.6 Å². The number of aryl methyl sites for hydroxylation is 2. The van der Waals surface area contributed by atoms with E-state index >= 15 is 0 Å². The number of ether oxygens (including phenoxy) is 1. The fourth-order valence-corrected chi connectivity index (χ4v) is 6.41. The molecule has 3 atom stereocenters. The first-order valence-corrected chi connectivity index (χ1v) is 10.9. The Morgan fingerprint density at radius 2 is 1.57 bits per heavy atom. The minimum absolute atomic E-state index is 0.356. The molecule has 5 nitrogen and oxygen atoms in total. The van der Waals surface area contributed by atoms with Gasteiger partial charge in [-0.25, -0.2) is 4.90 Å². The van der Waals surface area contributed by atoms with Gasteiger partial charge in [-0.3, -0.25) is 9.59 Å². The molecule has 174 valence electrons. The van der Waals surface area contributed by atoms with Gasteiger partial charge in [-0.1, -0.05) is 24.3 Å². The third-order valence-electron chi connectivity index (χ3n) is 7.42. The molecule has 3 aliphatic rings. The average Bonchev–Trinajstić information content (AvgIpc) is 3.24. The summed E-state index contributed by atoms with van der Waals surface area (Å²) in [6, 6.07) is 17.9. The predicted molar refractivity (Wildman–Crippen MR) is 119 cm³/mol. The van der Waals surface area contributed by atoms with Gasteiger partial charge in [0.2, 0.25) is 11.8 Å². The number of halogens is 3. The van der Waals surface area contributed by atoms with Crippen molar-refractivity contribution in [2.75, 3.05) is 4.90 Å². The second-order valence-electron chi connectivity index (χ2n) is 9.32. The second-order valence-corrected chi connectivity index (χ2v) is 9.32. The monoisotopic (exact) mass is 474 g/mol. The Morgan fingerprint density at radius 1 is 0.914 bits per heavy atom. The fourth-order valence-electron chi connectivity index (χ4n) is 6.41. The first-order valence-electron chi connectivity index (χ1n) is 10.9. The number of benzene rings is 3. The van der Waals surface area contributed by atoms with Crippen LogP contribution in [-0.2, 0) is 20.4 Å². The van der Waals surface area contributed by atoms with E-state index < -0.39 is 23.1 Å². The molecule has 0 unspecified atom stereocenters. The number of nitriles is 1. The van der Waals surface area contributed by atoms with Gasteiger partial charge >= 0.3 is 6.36 Å². The van der Waals surface area contributed by atoms with Crippen molar-refractivity contribution in [3.8, 4) is 11.8 Å². The predicted octanol–water partition coefficient (Wildman–Crippen LogP) is 4.81. The van der Waals surface area contributed by atoms with Crippen LogP contribution < -0.4 is 9.64 Å². The lowest BCUT2D eigenvalue weighted by Crippen LogP contribution is -2.49. The number of fused-ring (bicyclic) bond motifs is 3. The van der Waals surface area contributed by atoms with Crippen LogP contribution in [0.4, 0.5) is 18.9 Å². The molecular weight excluding hydrogens is 457 g/mol. The molecular formula is C27H17F3N2O3. The summed E-state index contributed by atoms with van der Waals surface area (Å²) in [4.78, 5) is 29.0. The number of imide groups is 1. The number of carbonyl (C=O) groups excluding carboxylic acids is 2. The summed E-state index contributed by atoms with van der Waals surface area (Å²) in [5.41, 5.74) is 2.46. The first-order chi connectivity index (χ1) is 16.6. The molecule has 2 aliphatic carbocycles. The van der Waals surface area contributed by atoms with Gasteiger partial charge in [0.05, 0.1) is 28.7 Å². The van der Waals surface area contributed by atoms with Gasteiger partial charge in [0, 0.05) is 0 Å². The molecule has 3 aromatic carbocycles. The zero-order valence-corrected chi connectivity index (χ0v) is 18.6. The zero-order chi connectivity index (χ0) is 24.9. The molecule has 3 aromatic rings. The van der Waals surface area contributed by atoms with Crippen molar-refractivity contribution < 1.29 is 27.5 Å². The highest BCUT2D eigenvalue weighted by Crippen LogP contribution is 2.84. The normalized spacial score (nSPS) is 25.8. The molecule has 6 rings (SSSR count). The molecule has 0 N–H and O–H groups in total. The molecule has 1 saturated heterocycles. The number of hydrogen-bond donors (Lipinski definition) is 0. The van der Waals surface area contributed by atoms with Crippen molar-refractivity contribution in [3.05, 3.63) is 94.0 Å². The van der Waals surface area contributed by atoms with Gasteiger partial charge in [-0.05, 0) is 78.1 Å². The summed E-state index contributed by atoms with van der Waals surface area (Å²) in [7, 11) is 0. The summed E-state index contributed by atoms with van der Waals surface area (Å²) in [6.45, 7) is 3.76. The highest BCUT2D eigenvalue weighted by atomic mass is 19.4. The first kappa shape index (κ1) is 21.4. The van der Waals surface area contributed by atoms with Gasteiger partial charge in [0.1, 0.15) is 11.2 Å². The summed E-state index contributed by atoms with van der Waals surface area (Å²) >= 11 is 0. The number of nitrogens with zero attached hydrogens (tertiary/aromatic N) is 2. The quantitative estimate of drug-likeness (QED) is 0.511. The van der Waals surface area contributed by atoms with Gasteiger partial charge in [-0.15, -0.1) is 13.2 Å². The molecule has 1 heterocycles. The minimum atomic E-state index is -4.83. The Labute approximate surface area is 198 Å². The van der Waals surface area contributed by atoms with E-state index in [1.165, 1.54) is 29.2 Å². The number of piperidine rings is 1. The summed E-state index contributed by atoms with van der Waals surface area (Å²) < 4.78 is 41.9. The second kappa shape index (κ2) is 6.51. The van der Waals surface area contributed by atoms with Crippen molar-refractivity contribution >= 4 is 17.5 Å². The molecule has 2 fully saturated rings. The molecule has 0 aromatic heterocycles. The standard InChI is InChI=1S/C27H17F3N2O3/c1-14-9-15(2)11-18(10-14)32-23(33)22-25(17-4-6-19(7-5-17)35-27(28,29)30)20-8-3-16(13-31)12-21(20)26(22,25)24(32)34/h3-12,22H,1-2H3/t22-,25+,26+/m0/s1. The number of alkyl halides is 3. The summed E-state index contributed by atoms with van der Waals surface area (Å²) in [6.07, 6.45) is -4.83. The largest absolute Gasteiger partial charge is 0.573 e. The Morgan fingerprint density at radius 3 is 2.17 bits per heavy atom. The van der Waals surface area contributed by atoms with Crippen molar-refractivity contribution in [3.63, 3.8) is 0 Å². The topological polar surface area (TPSA) is 70.4 Å². The number of anilines is 1. The maximum atomic E-state index is 14.0. The van der Waals surface area contributed by atoms with Crippen LogP contribution in [0.2, 0.25) is 0 Å². The van der Waals surface area contributed by atoms with Gasteiger partial charge < -0.3 is 4.74 Å². The maximum absolute atomic E-state index is 14.0. The number of hydrogen-bond acceptors (Lipinski definition) is 4. The van der Waals surface area contributed by atoms with E-state index in [1.54, 1.807) is 30.3 Å². The Bertz CT molecular complexity index is 1490. The van der Waals surface area contributed by atoms with Crippen LogP contribution in [0, 0.1) is 31.1 Å². The van der Waals surface area contributed by atoms with Crippen LogP contribution in [0.15, 0.2) is 60.7 Å². The van der Waals surface area contributed by atoms with Crippen LogP contribution in [0.25, 0.3) is 0 Å². The number of amides is 2. The van der Waals surface area contributed by atoms with E-state index in [2.05, 4.69) is 10.8 Å². The Balaban J connectivity index is 1.49. The van der Waals surface area contributed by atoms with E-state index in [1.807, 2.05) is 19.9 Å². The average molecular weight is 474 g/mol. The maximum Gasteiger partial charge on any atom is 0.573 e. The smallest absolute Gasteiger partial charge is 0.406 e. The molecule has 2 amide bonds. The van der Waals surface area contributed by atoms with E-state index in [0.29, 0.717) is 22.4 Å². The summed E-state index contributed by atoms with van der Waals surface area (Å²) in [5, 5.41) is 9.41. The lowest BCUT2D eigenvalue weighted by molar-refractivity contribution is -0.274. The van der Waals surface area contributed by atoms with Gasteiger partial charge in [0.15, 0.2) is 0 Å².